The summed E-state index contributed by atoms with van der Waals surface area (Å²) in [5.74, 6) is -0.421. The van der Waals surface area contributed by atoms with Crippen molar-refractivity contribution in [3.05, 3.63) is 45.1 Å². The smallest absolute Gasteiger partial charge is 0.263 e. The normalized spacial score (nSPS) is 17.4. The molecule has 1 N–H and O–H groups in total. The van der Waals surface area contributed by atoms with Crippen LogP contribution in [0.2, 0.25) is 0 Å². The van der Waals surface area contributed by atoms with Crippen LogP contribution in [0.3, 0.4) is 0 Å². The van der Waals surface area contributed by atoms with Crippen molar-refractivity contribution < 1.29 is 9.59 Å². The van der Waals surface area contributed by atoms with Gasteiger partial charge in [-0.25, -0.2) is 4.98 Å². The molecule has 1 aliphatic heterocycles. The third kappa shape index (κ3) is 3.56. The first-order chi connectivity index (χ1) is 16.2. The van der Waals surface area contributed by atoms with Gasteiger partial charge in [-0.2, -0.15) is 0 Å². The molecular weight excluding hydrogens is 468 g/mol. The van der Waals surface area contributed by atoms with E-state index in [0.29, 0.717) is 23.1 Å². The van der Waals surface area contributed by atoms with Crippen molar-refractivity contribution >= 4 is 56.5 Å². The molecule has 3 aromatic rings. The number of nitrogens with one attached hydrogen (secondary N) is 1. The van der Waals surface area contributed by atoms with Crippen LogP contribution in [0.1, 0.15) is 51.0 Å². The highest BCUT2D eigenvalue weighted by molar-refractivity contribution is 8.00. The highest BCUT2D eigenvalue weighted by atomic mass is 32.2. The number of anilines is 2. The molecule has 2 aromatic heterocycles. The number of hydrogen-bond acceptors (Lipinski definition) is 6. The van der Waals surface area contributed by atoms with Crippen LogP contribution >= 0.6 is 23.1 Å². The average molecular weight is 497 g/mol. The van der Waals surface area contributed by atoms with Crippen LogP contribution < -0.4 is 15.8 Å². The number of thioether (sulfide) groups is 1. The van der Waals surface area contributed by atoms with Crippen molar-refractivity contribution in [2.24, 2.45) is 0 Å². The van der Waals surface area contributed by atoms with Gasteiger partial charge in [0.15, 0.2) is 5.16 Å². The summed E-state index contributed by atoms with van der Waals surface area (Å²) in [4.78, 5) is 48.6. The van der Waals surface area contributed by atoms with Crippen LogP contribution in [0.4, 0.5) is 11.4 Å². The summed E-state index contributed by atoms with van der Waals surface area (Å²) in [5.41, 5.74) is 1.41. The predicted molar refractivity (Wildman–Crippen MR) is 138 cm³/mol. The molecule has 1 aliphatic carbocycles. The maximum Gasteiger partial charge on any atom is 0.263 e. The lowest BCUT2D eigenvalue weighted by atomic mass is 9.96. The lowest BCUT2D eigenvalue weighted by Gasteiger charge is -2.43. The topological polar surface area (TPSA) is 84.3 Å². The fourth-order valence-corrected chi connectivity index (χ4v) is 7.08. The molecule has 3 heterocycles. The van der Waals surface area contributed by atoms with Crippen molar-refractivity contribution in [3.8, 4) is 0 Å². The minimum atomic E-state index is -1.05. The summed E-state index contributed by atoms with van der Waals surface area (Å²) in [6.45, 7) is 7.90. The van der Waals surface area contributed by atoms with E-state index >= 15 is 0 Å². The summed E-state index contributed by atoms with van der Waals surface area (Å²) in [7, 11) is 0. The minimum absolute atomic E-state index is 0.00331. The number of thiophene rings is 1. The van der Waals surface area contributed by atoms with Gasteiger partial charge in [0.2, 0.25) is 11.8 Å². The lowest BCUT2D eigenvalue weighted by Crippen LogP contribution is -2.60. The molecule has 1 aromatic carbocycles. The number of para-hydroxylation sites is 2. The quantitative estimate of drug-likeness (QED) is 0.412. The van der Waals surface area contributed by atoms with Crippen molar-refractivity contribution in [2.45, 2.75) is 75.9 Å². The molecule has 2 amide bonds. The summed E-state index contributed by atoms with van der Waals surface area (Å²) >= 11 is 2.90. The molecule has 2 aliphatic rings. The Bertz CT molecular complexity index is 1370. The Kier molecular flexibility index (Phi) is 5.80. The number of benzene rings is 1. The largest absolute Gasteiger partial charge is 0.322 e. The van der Waals surface area contributed by atoms with Gasteiger partial charge in [0.25, 0.3) is 5.56 Å². The minimum Gasteiger partial charge on any atom is -0.322 e. The average Bonchev–Trinajstić information content (AvgIpc) is 3.37. The van der Waals surface area contributed by atoms with E-state index in [-0.39, 0.29) is 17.4 Å². The fraction of sp³-hybridized carbons (Fsp3) is 0.440. The molecule has 1 unspecified atom stereocenters. The molecule has 5 rings (SSSR count). The van der Waals surface area contributed by atoms with Gasteiger partial charge in [-0.15, -0.1) is 11.3 Å². The van der Waals surface area contributed by atoms with E-state index in [4.69, 9.17) is 4.98 Å². The van der Waals surface area contributed by atoms with Gasteiger partial charge in [-0.05, 0) is 64.2 Å². The summed E-state index contributed by atoms with van der Waals surface area (Å²) < 4.78 is 1.73. The SMILES string of the molecule is CCCn1c(SC(C)C(=O)N2c3ccccc3NC(=O)C2(C)C)nc2sc3c(c2c1=O)CCC3. The van der Waals surface area contributed by atoms with Gasteiger partial charge in [0.05, 0.1) is 22.0 Å². The van der Waals surface area contributed by atoms with Gasteiger partial charge in [-0.1, -0.05) is 30.8 Å². The van der Waals surface area contributed by atoms with Gasteiger partial charge >= 0.3 is 0 Å². The predicted octanol–water partition coefficient (Wildman–Crippen LogP) is 4.60. The molecule has 0 saturated heterocycles. The van der Waals surface area contributed by atoms with Gasteiger partial charge in [0, 0.05) is 11.4 Å². The molecule has 0 spiro atoms. The van der Waals surface area contributed by atoms with E-state index in [2.05, 4.69) is 5.32 Å². The van der Waals surface area contributed by atoms with E-state index in [1.165, 1.54) is 22.2 Å². The summed E-state index contributed by atoms with van der Waals surface area (Å²) in [5, 5.41) is 3.68. The Hall–Kier alpha value is -2.65. The first-order valence-electron chi connectivity index (χ1n) is 11.7. The molecule has 0 fully saturated rings. The van der Waals surface area contributed by atoms with E-state index < -0.39 is 10.8 Å². The van der Waals surface area contributed by atoms with Crippen molar-refractivity contribution in [3.63, 3.8) is 0 Å². The highest BCUT2D eigenvalue weighted by Gasteiger charge is 2.45. The third-order valence-corrected chi connectivity index (χ3v) is 8.86. The standard InChI is InChI=1S/C25H28N4O3S2/c1-5-13-28-22(31)19-15-9-8-12-18(15)34-20(19)27-24(28)33-14(2)21(30)29-17-11-7-6-10-16(17)26-23(32)25(29,3)4/h6-7,10-11,14H,5,8-9,12-13H2,1-4H3,(H,26,32). The molecule has 0 radical (unpaired) electrons. The second-order valence-electron chi connectivity index (χ2n) is 9.35. The molecule has 1 atom stereocenters. The Morgan fingerprint density at radius 1 is 1.26 bits per heavy atom. The zero-order valence-corrected chi connectivity index (χ0v) is 21.4. The zero-order chi connectivity index (χ0) is 24.2. The molecule has 7 nitrogen and oxygen atoms in total. The number of aryl methyl sites for hydroxylation is 2. The number of aromatic nitrogens is 2. The van der Waals surface area contributed by atoms with E-state index in [1.807, 2.05) is 32.0 Å². The molecular formula is C25H28N4O3S2. The number of carbonyl (C=O) groups is 2. The van der Waals surface area contributed by atoms with Gasteiger partial charge < -0.3 is 5.32 Å². The van der Waals surface area contributed by atoms with E-state index in [1.54, 1.807) is 40.7 Å². The van der Waals surface area contributed by atoms with E-state index in [9.17, 15) is 14.4 Å². The first kappa shape index (κ1) is 23.1. The van der Waals surface area contributed by atoms with Crippen LogP contribution in [0.5, 0.6) is 0 Å². The van der Waals surface area contributed by atoms with Gasteiger partial charge in [0.1, 0.15) is 10.4 Å². The zero-order valence-electron chi connectivity index (χ0n) is 19.8. The van der Waals surface area contributed by atoms with Crippen LogP contribution in [-0.2, 0) is 29.0 Å². The second-order valence-corrected chi connectivity index (χ2v) is 11.7. The summed E-state index contributed by atoms with van der Waals surface area (Å²) in [6, 6.07) is 7.33. The van der Waals surface area contributed by atoms with Crippen LogP contribution in [0.15, 0.2) is 34.2 Å². The van der Waals surface area contributed by atoms with Crippen molar-refractivity contribution in [1.82, 2.24) is 9.55 Å². The number of carbonyl (C=O) groups excluding carboxylic acids is 2. The number of amides is 2. The Morgan fingerprint density at radius 2 is 2.03 bits per heavy atom. The maximum atomic E-state index is 13.8. The van der Waals surface area contributed by atoms with Crippen molar-refractivity contribution in [1.29, 1.82) is 0 Å². The Morgan fingerprint density at radius 3 is 2.79 bits per heavy atom. The second kappa shape index (κ2) is 8.53. The number of hydrogen-bond donors (Lipinski definition) is 1. The molecule has 178 valence electrons. The van der Waals surface area contributed by atoms with Crippen molar-refractivity contribution in [2.75, 3.05) is 10.2 Å². The van der Waals surface area contributed by atoms with Crippen LogP contribution in [0, 0.1) is 0 Å². The maximum absolute atomic E-state index is 13.8. The van der Waals surface area contributed by atoms with Crippen LogP contribution in [0.25, 0.3) is 10.2 Å². The number of rotatable bonds is 5. The first-order valence-corrected chi connectivity index (χ1v) is 13.4. The van der Waals surface area contributed by atoms with E-state index in [0.717, 1.165) is 35.9 Å². The molecule has 0 bridgehead atoms. The number of fused-ring (bicyclic) bond motifs is 4. The number of nitrogens with zero attached hydrogens (tertiary/aromatic N) is 3. The Balaban J connectivity index is 1.53. The van der Waals surface area contributed by atoms with Crippen LogP contribution in [-0.4, -0.2) is 32.2 Å². The molecule has 34 heavy (non-hydrogen) atoms. The van der Waals surface area contributed by atoms with Gasteiger partial charge in [-0.3, -0.25) is 23.9 Å². The lowest BCUT2D eigenvalue weighted by molar-refractivity contribution is -0.126. The summed E-state index contributed by atoms with van der Waals surface area (Å²) in [6.07, 6.45) is 3.83. The Labute approximate surface area is 206 Å². The fourth-order valence-electron chi connectivity index (χ4n) is 4.81. The molecule has 9 heteroatoms. The third-order valence-electron chi connectivity index (χ3n) is 6.60. The molecule has 0 saturated carbocycles. The highest BCUT2D eigenvalue weighted by Crippen LogP contribution is 2.39. The monoisotopic (exact) mass is 496 g/mol.